The first-order valence-corrected chi connectivity index (χ1v) is 7.26. The molecule has 2 rings (SSSR count). The summed E-state index contributed by atoms with van der Waals surface area (Å²) in [4.78, 5) is 25.6. The third-order valence-electron chi connectivity index (χ3n) is 3.15. The Bertz CT molecular complexity index is 790. The van der Waals surface area contributed by atoms with Crippen LogP contribution in [-0.4, -0.2) is 21.9 Å². The molecule has 0 spiro atoms. The Labute approximate surface area is 138 Å². The number of aromatic nitrogens is 1. The lowest BCUT2D eigenvalue weighted by atomic mass is 10.1. The molecule has 0 aliphatic heterocycles. The van der Waals surface area contributed by atoms with E-state index in [1.165, 1.54) is 0 Å². The van der Waals surface area contributed by atoms with Crippen LogP contribution in [0.2, 0.25) is 0 Å². The van der Waals surface area contributed by atoms with Crippen molar-refractivity contribution in [3.8, 4) is 5.75 Å². The number of hydrogen-bond donors (Lipinski definition) is 2. The minimum absolute atomic E-state index is 0.0515. The molecule has 0 fully saturated rings. The van der Waals surface area contributed by atoms with E-state index in [1.807, 2.05) is 26.8 Å². The van der Waals surface area contributed by atoms with Crippen molar-refractivity contribution in [1.82, 2.24) is 4.98 Å². The first-order valence-electron chi connectivity index (χ1n) is 7.26. The van der Waals surface area contributed by atoms with Crippen molar-refractivity contribution in [3.63, 3.8) is 0 Å². The van der Waals surface area contributed by atoms with Gasteiger partial charge in [0, 0.05) is 11.8 Å². The summed E-state index contributed by atoms with van der Waals surface area (Å²) in [5.74, 6) is 0.109. The van der Waals surface area contributed by atoms with Gasteiger partial charge in [-0.15, -0.1) is 0 Å². The van der Waals surface area contributed by atoms with Crippen LogP contribution in [0.25, 0.3) is 0 Å². The highest BCUT2D eigenvalue weighted by atomic mass is 16.6. The maximum Gasteiger partial charge on any atom is 0.288 e. The predicted octanol–water partition coefficient (Wildman–Crippen LogP) is 2.93. The van der Waals surface area contributed by atoms with Gasteiger partial charge in [-0.2, -0.15) is 0 Å². The summed E-state index contributed by atoms with van der Waals surface area (Å²) in [6.45, 7) is 5.76. The van der Waals surface area contributed by atoms with E-state index in [0.717, 1.165) is 23.6 Å². The number of primary amides is 1. The first kappa shape index (κ1) is 17.2. The second-order valence-corrected chi connectivity index (χ2v) is 5.48. The van der Waals surface area contributed by atoms with Crippen LogP contribution in [0.4, 0.5) is 17.2 Å². The van der Waals surface area contributed by atoms with Crippen molar-refractivity contribution in [1.29, 1.82) is 0 Å². The Morgan fingerprint density at radius 1 is 1.38 bits per heavy atom. The van der Waals surface area contributed by atoms with E-state index < -0.39 is 10.8 Å². The molecule has 1 aromatic heterocycles. The number of rotatable bonds is 6. The van der Waals surface area contributed by atoms with Gasteiger partial charge >= 0.3 is 0 Å². The van der Waals surface area contributed by atoms with Crippen LogP contribution < -0.4 is 15.8 Å². The van der Waals surface area contributed by atoms with Gasteiger partial charge in [0.05, 0.1) is 16.6 Å². The quantitative estimate of drug-likeness (QED) is 0.620. The number of nitrogens with zero attached hydrogens (tertiary/aromatic N) is 2. The van der Waals surface area contributed by atoms with Crippen molar-refractivity contribution < 1.29 is 14.5 Å². The molecule has 3 N–H and O–H groups in total. The normalized spacial score (nSPS) is 10.5. The molecule has 1 aromatic carbocycles. The summed E-state index contributed by atoms with van der Waals surface area (Å²) >= 11 is 0. The van der Waals surface area contributed by atoms with Gasteiger partial charge in [-0.3, -0.25) is 14.9 Å². The summed E-state index contributed by atoms with van der Waals surface area (Å²) in [6.07, 6.45) is 1.12. The van der Waals surface area contributed by atoms with Gasteiger partial charge < -0.3 is 15.8 Å². The summed E-state index contributed by atoms with van der Waals surface area (Å²) in [5.41, 5.74) is 6.49. The van der Waals surface area contributed by atoms with Gasteiger partial charge in [-0.1, -0.05) is 0 Å². The number of hydrogen-bond acceptors (Lipinski definition) is 6. The smallest absolute Gasteiger partial charge is 0.288 e. The number of benzene rings is 1. The molecule has 24 heavy (non-hydrogen) atoms. The summed E-state index contributed by atoms with van der Waals surface area (Å²) in [5, 5.41) is 13.7. The van der Waals surface area contributed by atoms with E-state index >= 15 is 0 Å². The molecular formula is C16H18N4O4. The lowest BCUT2D eigenvalue weighted by molar-refractivity contribution is -0.385. The summed E-state index contributed by atoms with van der Waals surface area (Å²) in [6, 6.07) is 6.48. The molecule has 0 aliphatic carbocycles. The molecule has 0 bridgehead atoms. The molecule has 2 aromatic rings. The fourth-order valence-corrected chi connectivity index (χ4v) is 2.09. The Hall–Kier alpha value is -3.16. The van der Waals surface area contributed by atoms with Crippen LogP contribution in [0, 0.1) is 17.0 Å². The summed E-state index contributed by atoms with van der Waals surface area (Å²) in [7, 11) is 0. The maximum absolute atomic E-state index is 11.5. The summed E-state index contributed by atoms with van der Waals surface area (Å²) < 4.78 is 5.66. The van der Waals surface area contributed by atoms with Crippen molar-refractivity contribution in [2.75, 3.05) is 5.32 Å². The number of nitrogens with one attached hydrogen (secondary N) is 1. The SMILES string of the molecule is Cc1cc(Nc2ncc([N+](=O)[O-])cc2C(N)=O)ccc1OC(C)C. The molecule has 0 saturated heterocycles. The van der Waals surface area contributed by atoms with Crippen molar-refractivity contribution in [2.45, 2.75) is 26.9 Å². The Kier molecular flexibility index (Phi) is 4.98. The second-order valence-electron chi connectivity index (χ2n) is 5.48. The molecule has 0 radical (unpaired) electrons. The van der Waals surface area contributed by atoms with Gasteiger partial charge in [-0.05, 0) is 44.5 Å². The van der Waals surface area contributed by atoms with Crippen molar-refractivity contribution in [2.24, 2.45) is 5.73 Å². The third kappa shape index (κ3) is 3.97. The fraction of sp³-hybridized carbons (Fsp3) is 0.250. The van der Waals surface area contributed by atoms with E-state index in [9.17, 15) is 14.9 Å². The van der Waals surface area contributed by atoms with Gasteiger partial charge in [-0.25, -0.2) is 4.98 Å². The van der Waals surface area contributed by atoms with Crippen LogP contribution in [-0.2, 0) is 0 Å². The lowest BCUT2D eigenvalue weighted by Crippen LogP contribution is -2.15. The van der Waals surface area contributed by atoms with Gasteiger partial charge in [0.2, 0.25) is 0 Å². The first-order chi connectivity index (χ1) is 11.3. The minimum atomic E-state index is -0.801. The largest absolute Gasteiger partial charge is 0.491 e. The molecule has 8 nitrogen and oxygen atoms in total. The van der Waals surface area contributed by atoms with E-state index in [1.54, 1.807) is 12.1 Å². The zero-order valence-corrected chi connectivity index (χ0v) is 13.6. The minimum Gasteiger partial charge on any atom is -0.491 e. The van der Waals surface area contributed by atoms with Crippen LogP contribution in [0.3, 0.4) is 0 Å². The van der Waals surface area contributed by atoms with Gasteiger partial charge in [0.25, 0.3) is 11.6 Å². The van der Waals surface area contributed by atoms with Crippen molar-refractivity contribution in [3.05, 3.63) is 51.7 Å². The van der Waals surface area contributed by atoms with E-state index in [2.05, 4.69) is 10.3 Å². The van der Waals surface area contributed by atoms with E-state index in [0.29, 0.717) is 5.69 Å². The number of carbonyl (C=O) groups excluding carboxylic acids is 1. The van der Waals surface area contributed by atoms with Crippen LogP contribution >= 0.6 is 0 Å². The molecule has 1 amide bonds. The molecule has 1 heterocycles. The van der Waals surface area contributed by atoms with Gasteiger partial charge in [0.15, 0.2) is 0 Å². The molecule has 0 saturated carbocycles. The third-order valence-corrected chi connectivity index (χ3v) is 3.15. The fourth-order valence-electron chi connectivity index (χ4n) is 2.09. The van der Waals surface area contributed by atoms with Gasteiger partial charge in [0.1, 0.15) is 17.8 Å². The topological polar surface area (TPSA) is 120 Å². The Morgan fingerprint density at radius 2 is 2.08 bits per heavy atom. The molecular weight excluding hydrogens is 312 g/mol. The van der Waals surface area contributed by atoms with Crippen molar-refractivity contribution >= 4 is 23.1 Å². The molecule has 0 aliphatic rings. The highest BCUT2D eigenvalue weighted by Crippen LogP contribution is 2.27. The Balaban J connectivity index is 2.32. The maximum atomic E-state index is 11.5. The van der Waals surface area contributed by atoms with Crippen LogP contribution in [0.5, 0.6) is 5.75 Å². The Morgan fingerprint density at radius 3 is 2.62 bits per heavy atom. The number of carbonyl (C=O) groups is 1. The average Bonchev–Trinajstić information content (AvgIpc) is 2.49. The van der Waals surface area contributed by atoms with E-state index in [-0.39, 0.29) is 23.2 Å². The highest BCUT2D eigenvalue weighted by molar-refractivity contribution is 5.98. The van der Waals surface area contributed by atoms with Crippen LogP contribution in [0.15, 0.2) is 30.5 Å². The molecule has 0 atom stereocenters. The predicted molar refractivity (Wildman–Crippen MR) is 89.6 cm³/mol. The zero-order valence-electron chi connectivity index (χ0n) is 13.6. The average molecular weight is 330 g/mol. The number of aryl methyl sites for hydroxylation is 1. The zero-order chi connectivity index (χ0) is 17.9. The number of amides is 1. The van der Waals surface area contributed by atoms with E-state index in [4.69, 9.17) is 10.5 Å². The molecule has 8 heteroatoms. The highest BCUT2D eigenvalue weighted by Gasteiger charge is 2.16. The number of ether oxygens (including phenoxy) is 1. The monoisotopic (exact) mass is 330 g/mol. The number of nitro groups is 1. The lowest BCUT2D eigenvalue weighted by Gasteiger charge is -2.14. The molecule has 126 valence electrons. The number of anilines is 2. The van der Waals surface area contributed by atoms with Crippen LogP contribution in [0.1, 0.15) is 29.8 Å². The number of nitrogens with two attached hydrogens (primary N) is 1. The second kappa shape index (κ2) is 6.95. The standard InChI is InChI=1S/C16H18N4O4/c1-9(2)24-14-5-4-11(6-10(14)3)19-16-13(15(17)21)7-12(8-18-16)20(22)23/h4-9H,1-3H3,(H2,17,21)(H,18,19). The molecule has 0 unspecified atom stereocenters. The number of pyridine rings is 1.